The van der Waals surface area contributed by atoms with Gasteiger partial charge in [0.25, 0.3) is 0 Å². The van der Waals surface area contributed by atoms with Crippen LogP contribution in [0.3, 0.4) is 0 Å². The first-order valence-corrected chi connectivity index (χ1v) is 10.6. The predicted octanol–water partition coefficient (Wildman–Crippen LogP) is 7.53. The molecule has 0 amide bonds. The average molecular weight is 349 g/mol. The minimum absolute atomic E-state index is 0.00197. The summed E-state index contributed by atoms with van der Waals surface area (Å²) >= 11 is 0. The largest absolute Gasteiger partial charge is 0.251 e. The van der Waals surface area contributed by atoms with Crippen LogP contribution in [-0.4, -0.2) is 6.67 Å². The van der Waals surface area contributed by atoms with Gasteiger partial charge < -0.3 is 0 Å². The van der Waals surface area contributed by atoms with Crippen molar-refractivity contribution in [2.24, 2.45) is 11.8 Å². The zero-order valence-corrected chi connectivity index (χ0v) is 15.8. The van der Waals surface area contributed by atoms with Gasteiger partial charge in [-0.05, 0) is 98.7 Å². The molecule has 0 nitrogen and oxygen atoms in total. The molecule has 25 heavy (non-hydrogen) atoms. The molecule has 0 bridgehead atoms. The van der Waals surface area contributed by atoms with E-state index in [1.807, 2.05) is 6.07 Å². The summed E-state index contributed by atoms with van der Waals surface area (Å²) < 4.78 is 27.3. The van der Waals surface area contributed by atoms with E-state index in [-0.39, 0.29) is 12.5 Å². The van der Waals surface area contributed by atoms with Crippen LogP contribution in [0.1, 0.15) is 101 Å². The van der Waals surface area contributed by atoms with Crippen molar-refractivity contribution in [1.82, 2.24) is 0 Å². The molecule has 0 saturated heterocycles. The lowest BCUT2D eigenvalue weighted by atomic mass is 9.75. The molecule has 1 aromatic carbocycles. The minimum Gasteiger partial charge on any atom is -0.251 e. The van der Waals surface area contributed by atoms with E-state index in [0.29, 0.717) is 24.2 Å². The Balaban J connectivity index is 1.58. The van der Waals surface area contributed by atoms with Crippen molar-refractivity contribution in [1.29, 1.82) is 0 Å². The summed E-state index contributed by atoms with van der Waals surface area (Å²) in [4.78, 5) is 0. The van der Waals surface area contributed by atoms with E-state index in [2.05, 4.69) is 19.1 Å². The molecule has 0 aromatic heterocycles. The van der Waals surface area contributed by atoms with Gasteiger partial charge in [0.15, 0.2) is 0 Å². The van der Waals surface area contributed by atoms with E-state index in [9.17, 15) is 8.78 Å². The quantitative estimate of drug-likeness (QED) is 0.498. The summed E-state index contributed by atoms with van der Waals surface area (Å²) in [5, 5.41) is 0. The maximum absolute atomic E-state index is 14.8. The van der Waals surface area contributed by atoms with E-state index in [1.165, 1.54) is 44.1 Å². The first-order valence-electron chi connectivity index (χ1n) is 10.6. The van der Waals surface area contributed by atoms with Gasteiger partial charge in [0.1, 0.15) is 5.82 Å². The fourth-order valence-corrected chi connectivity index (χ4v) is 5.24. The van der Waals surface area contributed by atoms with Crippen LogP contribution in [0.4, 0.5) is 8.78 Å². The molecule has 2 saturated carbocycles. The third kappa shape index (κ3) is 4.83. The van der Waals surface area contributed by atoms with Gasteiger partial charge in [-0.3, -0.25) is 4.39 Å². The molecule has 0 atom stereocenters. The second-order valence-corrected chi connectivity index (χ2v) is 8.48. The topological polar surface area (TPSA) is 0 Å². The number of benzene rings is 1. The highest BCUT2D eigenvalue weighted by atomic mass is 19.1. The number of hydrogen-bond donors (Lipinski definition) is 0. The van der Waals surface area contributed by atoms with E-state index in [1.54, 1.807) is 0 Å². The molecule has 0 unspecified atom stereocenters. The normalized spacial score (nSPS) is 30.4. The van der Waals surface area contributed by atoms with Gasteiger partial charge in [-0.1, -0.05) is 31.9 Å². The first kappa shape index (κ1) is 18.9. The van der Waals surface area contributed by atoms with E-state index >= 15 is 0 Å². The van der Waals surface area contributed by atoms with E-state index in [4.69, 9.17) is 0 Å². The van der Waals surface area contributed by atoms with Crippen LogP contribution >= 0.6 is 0 Å². The van der Waals surface area contributed by atoms with Gasteiger partial charge in [0.2, 0.25) is 0 Å². The van der Waals surface area contributed by atoms with E-state index < -0.39 is 0 Å². The van der Waals surface area contributed by atoms with Gasteiger partial charge in [-0.25, -0.2) is 4.39 Å². The Morgan fingerprint density at radius 1 is 0.840 bits per heavy atom. The van der Waals surface area contributed by atoms with Crippen molar-refractivity contribution in [3.05, 3.63) is 35.1 Å². The van der Waals surface area contributed by atoms with Gasteiger partial charge in [0, 0.05) is 0 Å². The first-order chi connectivity index (χ1) is 12.2. The molecular weight excluding hydrogens is 314 g/mol. The lowest BCUT2D eigenvalue weighted by Gasteiger charge is -2.30. The van der Waals surface area contributed by atoms with Crippen molar-refractivity contribution < 1.29 is 8.78 Å². The lowest BCUT2D eigenvalue weighted by molar-refractivity contribution is 0.280. The van der Waals surface area contributed by atoms with Crippen molar-refractivity contribution in [2.75, 3.05) is 6.67 Å². The Hall–Kier alpha value is -0.920. The zero-order chi connectivity index (χ0) is 17.6. The van der Waals surface area contributed by atoms with Crippen LogP contribution in [0.15, 0.2) is 18.2 Å². The maximum atomic E-state index is 14.8. The number of halogens is 2. The highest BCUT2D eigenvalue weighted by Gasteiger charge is 2.26. The summed E-state index contributed by atoms with van der Waals surface area (Å²) in [7, 11) is 0. The standard InChI is InChI=1S/C23H34F2/c1-2-3-17-4-8-19(9-5-17)21-12-13-22(23(25)16-21)20-10-6-18(7-11-20)14-15-24/h12-13,16-20H,2-11,14-15H2,1H3. The van der Waals surface area contributed by atoms with Gasteiger partial charge in [-0.2, -0.15) is 0 Å². The molecule has 0 heterocycles. The van der Waals surface area contributed by atoms with Crippen LogP contribution in [0.5, 0.6) is 0 Å². The maximum Gasteiger partial charge on any atom is 0.126 e. The molecular formula is C23H34F2. The predicted molar refractivity (Wildman–Crippen MR) is 101 cm³/mol. The van der Waals surface area contributed by atoms with Crippen molar-refractivity contribution >= 4 is 0 Å². The molecule has 0 radical (unpaired) electrons. The van der Waals surface area contributed by atoms with Crippen molar-refractivity contribution in [2.45, 2.75) is 89.4 Å². The number of rotatable bonds is 6. The molecule has 2 heteroatoms. The molecule has 1 aromatic rings. The molecule has 140 valence electrons. The van der Waals surface area contributed by atoms with Gasteiger partial charge in [-0.15, -0.1) is 0 Å². The summed E-state index contributed by atoms with van der Waals surface area (Å²) in [5.74, 6) is 2.30. The molecule has 2 aliphatic carbocycles. The minimum atomic E-state index is -0.209. The Morgan fingerprint density at radius 3 is 2.00 bits per heavy atom. The fourth-order valence-electron chi connectivity index (χ4n) is 5.24. The fraction of sp³-hybridized carbons (Fsp3) is 0.739. The van der Waals surface area contributed by atoms with Crippen LogP contribution in [0, 0.1) is 17.7 Å². The summed E-state index contributed by atoms with van der Waals surface area (Å²) in [6, 6.07) is 6.08. The zero-order valence-electron chi connectivity index (χ0n) is 15.8. The molecule has 2 fully saturated rings. The van der Waals surface area contributed by atoms with Crippen molar-refractivity contribution in [3.8, 4) is 0 Å². The Labute approximate surface area is 152 Å². The molecule has 0 N–H and O–H groups in total. The smallest absolute Gasteiger partial charge is 0.126 e. The van der Waals surface area contributed by atoms with Crippen LogP contribution in [-0.2, 0) is 0 Å². The molecule has 2 aliphatic rings. The number of alkyl halides is 1. The lowest BCUT2D eigenvalue weighted by Crippen LogP contribution is -2.16. The Morgan fingerprint density at radius 2 is 1.44 bits per heavy atom. The molecule has 3 rings (SSSR count). The summed E-state index contributed by atoms with van der Waals surface area (Å²) in [5.41, 5.74) is 2.12. The van der Waals surface area contributed by atoms with Gasteiger partial charge in [0.05, 0.1) is 6.67 Å². The van der Waals surface area contributed by atoms with Crippen LogP contribution in [0.2, 0.25) is 0 Å². The van der Waals surface area contributed by atoms with Crippen LogP contribution in [0.25, 0.3) is 0 Å². The number of hydrogen-bond acceptors (Lipinski definition) is 0. The third-order valence-electron chi connectivity index (χ3n) is 6.84. The molecule has 0 aliphatic heterocycles. The van der Waals surface area contributed by atoms with Gasteiger partial charge >= 0.3 is 0 Å². The average Bonchev–Trinajstić information content (AvgIpc) is 2.64. The highest BCUT2D eigenvalue weighted by Crippen LogP contribution is 2.41. The second kappa shape index (κ2) is 9.14. The Bertz CT molecular complexity index is 523. The van der Waals surface area contributed by atoms with Crippen LogP contribution < -0.4 is 0 Å². The molecule has 0 spiro atoms. The highest BCUT2D eigenvalue weighted by molar-refractivity contribution is 5.30. The second-order valence-electron chi connectivity index (χ2n) is 8.48. The summed E-state index contributed by atoms with van der Waals surface area (Å²) in [6.07, 6.45) is 12.5. The third-order valence-corrected chi connectivity index (χ3v) is 6.84. The monoisotopic (exact) mass is 348 g/mol. The Kier molecular flexibility index (Phi) is 6.90. The van der Waals surface area contributed by atoms with Crippen molar-refractivity contribution in [3.63, 3.8) is 0 Å². The SMILES string of the molecule is CCCC1CCC(c2ccc(C3CCC(CCF)CC3)c(F)c2)CC1. The van der Waals surface area contributed by atoms with E-state index in [0.717, 1.165) is 37.2 Å². The summed E-state index contributed by atoms with van der Waals surface area (Å²) in [6.45, 7) is 2.06.